The molecule has 1 aromatic rings. The van der Waals surface area contributed by atoms with Crippen molar-refractivity contribution in [3.8, 4) is 6.07 Å². The van der Waals surface area contributed by atoms with E-state index >= 15 is 0 Å². The molecule has 0 saturated heterocycles. The van der Waals surface area contributed by atoms with E-state index in [0.717, 1.165) is 12.8 Å². The zero-order valence-electron chi connectivity index (χ0n) is 8.37. The zero-order chi connectivity index (χ0) is 10.7. The van der Waals surface area contributed by atoms with Crippen LogP contribution in [0.1, 0.15) is 30.4 Å². The largest absolute Gasteiger partial charge is 0.373 e. The summed E-state index contributed by atoms with van der Waals surface area (Å²) < 4.78 is 18.5. The maximum absolute atomic E-state index is 12.9. The predicted molar refractivity (Wildman–Crippen MR) is 53.5 cm³/mol. The van der Waals surface area contributed by atoms with Gasteiger partial charge in [-0.05, 0) is 43.0 Å². The summed E-state index contributed by atoms with van der Waals surface area (Å²) in [5.41, 5.74) is 1.14. The second kappa shape index (κ2) is 4.41. The molecule has 78 valence electrons. The first-order chi connectivity index (χ1) is 7.29. The molecular weight excluding hydrogens is 193 g/mol. The summed E-state index contributed by atoms with van der Waals surface area (Å²) in [6.45, 7) is 0.339. The number of rotatable bonds is 3. The standard InChI is InChI=1S/C12H12FNO/c13-11-5-4-9(7-14)10(6-11)8-15-12-2-1-3-12/h4-6,12H,1-3,8H2. The van der Waals surface area contributed by atoms with Crippen LogP contribution in [0.5, 0.6) is 0 Å². The van der Waals surface area contributed by atoms with E-state index in [0.29, 0.717) is 23.8 Å². The lowest BCUT2D eigenvalue weighted by Gasteiger charge is -2.25. The molecule has 0 unspecified atom stereocenters. The van der Waals surface area contributed by atoms with Gasteiger partial charge in [0, 0.05) is 0 Å². The summed E-state index contributed by atoms with van der Waals surface area (Å²) in [6, 6.07) is 6.20. The molecule has 0 bridgehead atoms. The van der Waals surface area contributed by atoms with Gasteiger partial charge < -0.3 is 4.74 Å². The van der Waals surface area contributed by atoms with Crippen molar-refractivity contribution in [1.29, 1.82) is 5.26 Å². The highest BCUT2D eigenvalue weighted by Gasteiger charge is 2.18. The lowest BCUT2D eigenvalue weighted by Crippen LogP contribution is -2.21. The Balaban J connectivity index is 2.05. The number of halogens is 1. The first kappa shape index (κ1) is 10.1. The number of hydrogen-bond donors (Lipinski definition) is 0. The van der Waals surface area contributed by atoms with Gasteiger partial charge in [0.2, 0.25) is 0 Å². The molecule has 1 saturated carbocycles. The molecule has 0 radical (unpaired) electrons. The molecule has 0 amide bonds. The van der Waals surface area contributed by atoms with Crippen molar-refractivity contribution in [1.82, 2.24) is 0 Å². The highest BCUT2D eigenvalue weighted by Crippen LogP contribution is 2.23. The minimum atomic E-state index is -0.318. The van der Waals surface area contributed by atoms with Crippen molar-refractivity contribution >= 4 is 0 Å². The van der Waals surface area contributed by atoms with Gasteiger partial charge in [0.05, 0.1) is 24.3 Å². The van der Waals surface area contributed by atoms with E-state index in [-0.39, 0.29) is 5.82 Å². The summed E-state index contributed by atoms with van der Waals surface area (Å²) in [4.78, 5) is 0. The van der Waals surface area contributed by atoms with Gasteiger partial charge in [-0.15, -0.1) is 0 Å². The van der Waals surface area contributed by atoms with Crippen LogP contribution in [0.3, 0.4) is 0 Å². The molecule has 2 rings (SSSR count). The van der Waals surface area contributed by atoms with Crippen LogP contribution in [0.2, 0.25) is 0 Å². The van der Waals surface area contributed by atoms with Crippen LogP contribution in [-0.4, -0.2) is 6.10 Å². The van der Waals surface area contributed by atoms with Gasteiger partial charge in [-0.3, -0.25) is 0 Å². The van der Waals surface area contributed by atoms with E-state index in [2.05, 4.69) is 0 Å². The molecule has 0 atom stereocenters. The lowest BCUT2D eigenvalue weighted by molar-refractivity contribution is -0.00883. The topological polar surface area (TPSA) is 33.0 Å². The number of ether oxygens (including phenoxy) is 1. The van der Waals surface area contributed by atoms with E-state index in [9.17, 15) is 4.39 Å². The predicted octanol–water partition coefficient (Wildman–Crippen LogP) is 2.77. The smallest absolute Gasteiger partial charge is 0.123 e. The Morgan fingerprint density at radius 1 is 1.47 bits per heavy atom. The highest BCUT2D eigenvalue weighted by molar-refractivity contribution is 5.37. The fourth-order valence-electron chi connectivity index (χ4n) is 1.54. The Labute approximate surface area is 88.3 Å². The molecule has 0 N–H and O–H groups in total. The molecule has 3 heteroatoms. The van der Waals surface area contributed by atoms with Gasteiger partial charge in [-0.25, -0.2) is 4.39 Å². The molecule has 0 spiro atoms. The van der Waals surface area contributed by atoms with Crippen LogP contribution in [0.15, 0.2) is 18.2 Å². The number of hydrogen-bond acceptors (Lipinski definition) is 2. The molecule has 1 fully saturated rings. The third kappa shape index (κ3) is 2.34. The van der Waals surface area contributed by atoms with Crippen molar-refractivity contribution in [2.45, 2.75) is 32.0 Å². The third-order valence-electron chi connectivity index (χ3n) is 2.71. The Kier molecular flexibility index (Phi) is 2.98. The Morgan fingerprint density at radius 2 is 2.27 bits per heavy atom. The number of benzene rings is 1. The zero-order valence-corrected chi connectivity index (χ0v) is 8.37. The van der Waals surface area contributed by atoms with E-state index in [4.69, 9.17) is 10.00 Å². The van der Waals surface area contributed by atoms with Gasteiger partial charge >= 0.3 is 0 Å². The van der Waals surface area contributed by atoms with Crippen molar-refractivity contribution in [2.24, 2.45) is 0 Å². The summed E-state index contributed by atoms with van der Waals surface area (Å²) in [5.74, 6) is -0.318. The monoisotopic (exact) mass is 205 g/mol. The molecule has 0 heterocycles. The normalized spacial score (nSPS) is 15.7. The van der Waals surface area contributed by atoms with Crippen molar-refractivity contribution in [3.63, 3.8) is 0 Å². The summed E-state index contributed by atoms with van der Waals surface area (Å²) in [6.07, 6.45) is 3.67. The summed E-state index contributed by atoms with van der Waals surface area (Å²) in [7, 11) is 0. The van der Waals surface area contributed by atoms with E-state index in [1.165, 1.54) is 24.6 Å². The highest BCUT2D eigenvalue weighted by atomic mass is 19.1. The van der Waals surface area contributed by atoms with E-state index in [1.54, 1.807) is 0 Å². The Bertz CT molecular complexity index is 393. The average molecular weight is 205 g/mol. The van der Waals surface area contributed by atoms with E-state index < -0.39 is 0 Å². The van der Waals surface area contributed by atoms with Crippen LogP contribution in [0.25, 0.3) is 0 Å². The fraction of sp³-hybridized carbons (Fsp3) is 0.417. The van der Waals surface area contributed by atoms with Gasteiger partial charge in [0.15, 0.2) is 0 Å². The second-order valence-corrected chi connectivity index (χ2v) is 3.78. The molecule has 0 aromatic heterocycles. The van der Waals surface area contributed by atoms with Crippen molar-refractivity contribution in [2.75, 3.05) is 0 Å². The fourth-order valence-corrected chi connectivity index (χ4v) is 1.54. The molecule has 2 nitrogen and oxygen atoms in total. The maximum atomic E-state index is 12.9. The van der Waals surface area contributed by atoms with Crippen LogP contribution >= 0.6 is 0 Å². The minimum Gasteiger partial charge on any atom is -0.373 e. The van der Waals surface area contributed by atoms with Gasteiger partial charge in [-0.1, -0.05) is 0 Å². The average Bonchev–Trinajstić information content (AvgIpc) is 2.16. The first-order valence-corrected chi connectivity index (χ1v) is 5.10. The van der Waals surface area contributed by atoms with Gasteiger partial charge in [0.25, 0.3) is 0 Å². The van der Waals surface area contributed by atoms with Crippen molar-refractivity contribution in [3.05, 3.63) is 35.1 Å². The van der Waals surface area contributed by atoms with Crippen LogP contribution in [0.4, 0.5) is 4.39 Å². The third-order valence-corrected chi connectivity index (χ3v) is 2.71. The molecule has 15 heavy (non-hydrogen) atoms. The molecule has 1 aliphatic rings. The first-order valence-electron chi connectivity index (χ1n) is 5.10. The quantitative estimate of drug-likeness (QED) is 0.760. The maximum Gasteiger partial charge on any atom is 0.123 e. The Morgan fingerprint density at radius 3 is 2.87 bits per heavy atom. The van der Waals surface area contributed by atoms with Gasteiger partial charge in [-0.2, -0.15) is 5.26 Å². The number of nitrogens with zero attached hydrogens (tertiary/aromatic N) is 1. The van der Waals surface area contributed by atoms with E-state index in [1.807, 2.05) is 6.07 Å². The van der Waals surface area contributed by atoms with Crippen LogP contribution in [-0.2, 0) is 11.3 Å². The minimum absolute atomic E-state index is 0.305. The van der Waals surface area contributed by atoms with Crippen LogP contribution in [0, 0.1) is 17.1 Å². The Hall–Kier alpha value is -1.40. The second-order valence-electron chi connectivity index (χ2n) is 3.78. The lowest BCUT2D eigenvalue weighted by atomic mass is 9.96. The molecule has 1 aromatic carbocycles. The van der Waals surface area contributed by atoms with Crippen LogP contribution < -0.4 is 0 Å². The molecular formula is C12H12FNO. The SMILES string of the molecule is N#Cc1ccc(F)cc1COC1CCC1. The summed E-state index contributed by atoms with van der Waals surface area (Å²) in [5, 5.41) is 8.82. The van der Waals surface area contributed by atoms with Crippen molar-refractivity contribution < 1.29 is 9.13 Å². The molecule has 1 aliphatic carbocycles. The summed E-state index contributed by atoms with van der Waals surface area (Å²) >= 11 is 0. The number of nitriles is 1. The van der Waals surface area contributed by atoms with Gasteiger partial charge in [0.1, 0.15) is 5.82 Å². The molecule has 0 aliphatic heterocycles.